The number of carbonyl (C=O) groups is 2. The highest BCUT2D eigenvalue weighted by molar-refractivity contribution is 7.52. The summed E-state index contributed by atoms with van der Waals surface area (Å²) in [5.41, 5.74) is -1.03. The number of benzene rings is 1. The fourth-order valence-electron chi connectivity index (χ4n) is 5.98. The van der Waals surface area contributed by atoms with E-state index in [1.165, 1.54) is 17.8 Å². The van der Waals surface area contributed by atoms with Crippen LogP contribution in [0.3, 0.4) is 0 Å². The van der Waals surface area contributed by atoms with Gasteiger partial charge in [-0.3, -0.25) is 14.1 Å². The number of carbonyl (C=O) groups excluding carboxylic acids is 2. The fraction of sp³-hybridized carbons (Fsp3) is 0.559. The molecule has 0 bridgehead atoms. The number of ether oxygens (including phenoxy) is 4. The third kappa shape index (κ3) is 8.01. The monoisotopic (exact) mass is 712 g/mol. The Hall–Kier alpha value is -3.90. The van der Waals surface area contributed by atoms with Gasteiger partial charge in [0.2, 0.25) is 11.5 Å². The third-order valence-electron chi connectivity index (χ3n) is 8.67. The van der Waals surface area contributed by atoms with Crippen LogP contribution in [0.15, 0.2) is 48.8 Å². The van der Waals surface area contributed by atoms with Crippen LogP contribution in [-0.4, -0.2) is 69.8 Å². The predicted octanol–water partition coefficient (Wildman–Crippen LogP) is 5.27. The van der Waals surface area contributed by atoms with E-state index in [1.807, 2.05) is 20.8 Å². The van der Waals surface area contributed by atoms with Gasteiger partial charge in [-0.1, -0.05) is 51.8 Å². The minimum Gasteiger partial charge on any atom is -0.464 e. The number of hydrogen-bond acceptors (Lipinski definition) is 12. The Balaban J connectivity index is 1.42. The summed E-state index contributed by atoms with van der Waals surface area (Å²) < 4.78 is 52.1. The number of aromatic nitrogens is 3. The molecule has 0 saturated carbocycles. The van der Waals surface area contributed by atoms with Crippen molar-refractivity contribution in [2.45, 2.75) is 103 Å². The maximum Gasteiger partial charge on any atom is 0.459 e. The number of rotatable bonds is 16. The Bertz CT molecular complexity index is 1740. The number of nitrogens with one attached hydrogen (secondary N) is 2. The van der Waals surface area contributed by atoms with Gasteiger partial charge in [-0.2, -0.15) is 15.4 Å². The van der Waals surface area contributed by atoms with Gasteiger partial charge in [0.15, 0.2) is 11.6 Å². The van der Waals surface area contributed by atoms with Crippen molar-refractivity contribution in [3.63, 3.8) is 0 Å². The van der Waals surface area contributed by atoms with Crippen LogP contribution in [0.2, 0.25) is 0 Å². The molecule has 5 rings (SSSR count). The first-order valence-corrected chi connectivity index (χ1v) is 18.4. The molecule has 16 heteroatoms. The number of nitrogens with zero attached hydrogens (tertiary/aromatic N) is 4. The van der Waals surface area contributed by atoms with Gasteiger partial charge in [0.25, 0.3) is 0 Å². The largest absolute Gasteiger partial charge is 0.464 e. The lowest BCUT2D eigenvalue weighted by molar-refractivity contribution is -0.204. The molecule has 2 aliphatic heterocycles. The van der Waals surface area contributed by atoms with Crippen molar-refractivity contribution in [2.75, 3.05) is 18.5 Å². The molecule has 50 heavy (non-hydrogen) atoms. The van der Waals surface area contributed by atoms with Crippen LogP contribution in [0.4, 0.5) is 5.82 Å². The van der Waals surface area contributed by atoms with Crippen LogP contribution >= 0.6 is 7.75 Å². The molecule has 2 aromatic heterocycles. The van der Waals surface area contributed by atoms with Crippen LogP contribution in [0.1, 0.15) is 72.9 Å². The summed E-state index contributed by atoms with van der Waals surface area (Å²) >= 11 is 0. The zero-order valence-electron chi connectivity index (χ0n) is 29.2. The molecule has 6 atom stereocenters. The SMILES string of the molecule is CCCC(=O)Nc1ncnn2c([C@]3(C#N)O[C@H](COP(=O)(N[C@@H](C)C(=O)OCC(CC)CC)Oc4ccccc4)[C@H]4OC(C)(C)O[C@H]43)ccc12. The fourth-order valence-corrected chi connectivity index (χ4v) is 7.49. The molecule has 15 nitrogen and oxygen atoms in total. The van der Waals surface area contributed by atoms with E-state index in [0.717, 1.165) is 12.8 Å². The van der Waals surface area contributed by atoms with Gasteiger partial charge in [0.05, 0.1) is 18.9 Å². The molecule has 270 valence electrons. The molecule has 0 radical (unpaired) electrons. The van der Waals surface area contributed by atoms with Gasteiger partial charge in [0, 0.05) is 6.42 Å². The lowest BCUT2D eigenvalue weighted by atomic mass is 9.92. The summed E-state index contributed by atoms with van der Waals surface area (Å²) in [5, 5.41) is 20.6. The molecule has 3 aromatic rings. The molecule has 2 saturated heterocycles. The van der Waals surface area contributed by atoms with Crippen LogP contribution in [0, 0.1) is 17.2 Å². The molecule has 0 spiro atoms. The second-order valence-electron chi connectivity index (χ2n) is 12.8. The number of amides is 1. The molecule has 2 fully saturated rings. The molecule has 1 amide bonds. The Labute approximate surface area is 291 Å². The highest BCUT2D eigenvalue weighted by Gasteiger charge is 2.65. The van der Waals surface area contributed by atoms with E-state index in [4.69, 9.17) is 28.0 Å². The highest BCUT2D eigenvalue weighted by Crippen LogP contribution is 2.51. The van der Waals surface area contributed by atoms with E-state index >= 15 is 0 Å². The minimum atomic E-state index is -4.29. The Morgan fingerprint density at radius 1 is 1.10 bits per heavy atom. The summed E-state index contributed by atoms with van der Waals surface area (Å²) in [7, 11) is -4.29. The smallest absolute Gasteiger partial charge is 0.459 e. The lowest BCUT2D eigenvalue weighted by Crippen LogP contribution is -2.40. The first-order chi connectivity index (χ1) is 23.9. The standard InChI is InChI=1S/C34H45N6O9P/c1-7-13-28(41)38-31-25-16-17-27(40(25)37-21-36-31)34(20-35)30-29(47-33(5,6)48-30)26(46-34)19-45-50(43,49-24-14-11-10-12-15-24)39-22(4)32(42)44-18-23(8-2)9-3/h10-12,14-17,21-23,26,29-30H,7-9,13,18-19H2,1-6H3,(H,39,43)(H,36,37,38,41)/t22-,26+,29+,30+,34-,50?/m0/s1. The number of esters is 1. The second-order valence-corrected chi connectivity index (χ2v) is 14.5. The average Bonchev–Trinajstić information content (AvgIpc) is 3.75. The van der Waals surface area contributed by atoms with Gasteiger partial charge >= 0.3 is 13.7 Å². The van der Waals surface area contributed by atoms with Crippen molar-refractivity contribution in [1.29, 1.82) is 5.26 Å². The Kier molecular flexibility index (Phi) is 11.6. The van der Waals surface area contributed by atoms with Gasteiger partial charge in [0.1, 0.15) is 48.0 Å². The number of para-hydroxylation sites is 1. The van der Waals surface area contributed by atoms with Crippen LogP contribution in [0.5, 0.6) is 5.75 Å². The number of anilines is 1. The molecular weight excluding hydrogens is 667 g/mol. The van der Waals surface area contributed by atoms with E-state index in [-0.39, 0.29) is 36.6 Å². The molecule has 1 aromatic carbocycles. The van der Waals surface area contributed by atoms with Crippen molar-refractivity contribution in [3.8, 4) is 11.8 Å². The van der Waals surface area contributed by atoms with E-state index in [1.54, 1.807) is 56.3 Å². The normalized spacial score (nSPS) is 24.3. The van der Waals surface area contributed by atoms with Gasteiger partial charge in [-0.15, -0.1) is 0 Å². The average molecular weight is 713 g/mol. The van der Waals surface area contributed by atoms with Gasteiger partial charge in [-0.25, -0.2) is 14.1 Å². The number of nitriles is 1. The van der Waals surface area contributed by atoms with E-state index < -0.39 is 49.5 Å². The Morgan fingerprint density at radius 2 is 1.84 bits per heavy atom. The minimum absolute atomic E-state index is 0.205. The van der Waals surface area contributed by atoms with Crippen molar-refractivity contribution >= 4 is 31.0 Å². The number of hydrogen-bond donors (Lipinski definition) is 2. The lowest BCUT2D eigenvalue weighted by Gasteiger charge is -2.29. The van der Waals surface area contributed by atoms with E-state index in [2.05, 4.69) is 26.6 Å². The van der Waals surface area contributed by atoms with Crippen LogP contribution in [-0.2, 0) is 43.2 Å². The molecular formula is C34H45N6O9P. The summed E-state index contributed by atoms with van der Waals surface area (Å²) in [4.78, 5) is 29.5. The topological polar surface area (TPSA) is 185 Å². The predicted molar refractivity (Wildman–Crippen MR) is 181 cm³/mol. The van der Waals surface area contributed by atoms with Gasteiger partial charge in [-0.05, 0) is 57.4 Å². The molecule has 2 N–H and O–H groups in total. The Morgan fingerprint density at radius 3 is 2.52 bits per heavy atom. The molecule has 4 heterocycles. The zero-order chi connectivity index (χ0) is 36.1. The maximum absolute atomic E-state index is 14.3. The maximum atomic E-state index is 14.3. The molecule has 2 aliphatic rings. The first kappa shape index (κ1) is 37.4. The third-order valence-corrected chi connectivity index (χ3v) is 10.3. The summed E-state index contributed by atoms with van der Waals surface area (Å²) in [6.45, 7) is 10.7. The summed E-state index contributed by atoms with van der Waals surface area (Å²) in [5.74, 6) is -1.22. The second kappa shape index (κ2) is 15.6. The van der Waals surface area contributed by atoms with Crippen molar-refractivity contribution in [1.82, 2.24) is 19.7 Å². The van der Waals surface area contributed by atoms with E-state index in [9.17, 15) is 19.4 Å². The van der Waals surface area contributed by atoms with Gasteiger partial charge < -0.3 is 28.8 Å². The van der Waals surface area contributed by atoms with Crippen LogP contribution < -0.4 is 14.9 Å². The van der Waals surface area contributed by atoms with Crippen LogP contribution in [0.25, 0.3) is 5.52 Å². The van der Waals surface area contributed by atoms with Crippen molar-refractivity contribution in [2.24, 2.45) is 5.92 Å². The molecule has 1 unspecified atom stereocenters. The van der Waals surface area contributed by atoms with Crippen molar-refractivity contribution < 1.29 is 42.1 Å². The van der Waals surface area contributed by atoms with E-state index in [0.29, 0.717) is 24.1 Å². The molecule has 0 aliphatic carbocycles. The number of fused-ring (bicyclic) bond motifs is 2. The highest BCUT2D eigenvalue weighted by atomic mass is 31.2. The quantitative estimate of drug-likeness (QED) is 0.145. The first-order valence-electron chi connectivity index (χ1n) is 16.9. The zero-order valence-corrected chi connectivity index (χ0v) is 30.1. The summed E-state index contributed by atoms with van der Waals surface area (Å²) in [6, 6.07) is 12.9. The van der Waals surface area contributed by atoms with Crippen molar-refractivity contribution in [3.05, 3.63) is 54.5 Å². The summed E-state index contributed by atoms with van der Waals surface area (Å²) in [6.07, 6.45) is 1.12.